The highest BCUT2D eigenvalue weighted by atomic mass is 32.2. The Hall–Kier alpha value is -3.52. The van der Waals surface area contributed by atoms with Crippen molar-refractivity contribution in [2.24, 2.45) is 0 Å². The van der Waals surface area contributed by atoms with Crippen molar-refractivity contribution in [3.63, 3.8) is 0 Å². The molecule has 1 aliphatic rings. The molecule has 7 nitrogen and oxygen atoms in total. The van der Waals surface area contributed by atoms with E-state index in [4.69, 9.17) is 4.42 Å². The molecule has 1 atom stereocenters. The van der Waals surface area contributed by atoms with Crippen molar-refractivity contribution in [3.05, 3.63) is 89.4 Å². The molecule has 1 aliphatic heterocycles. The monoisotopic (exact) mass is 477 g/mol. The number of rotatable bonds is 9. The fraction of sp³-hybridized carbons (Fsp3) is 0.269. The number of para-hydroxylation sites is 1. The highest BCUT2D eigenvalue weighted by Crippen LogP contribution is 2.39. The molecule has 0 saturated carbocycles. The van der Waals surface area contributed by atoms with Gasteiger partial charge in [-0.25, -0.2) is 0 Å². The lowest BCUT2D eigenvalue weighted by Crippen LogP contribution is -2.27. The first kappa shape index (κ1) is 23.6. The van der Waals surface area contributed by atoms with E-state index in [-0.39, 0.29) is 23.1 Å². The summed E-state index contributed by atoms with van der Waals surface area (Å²) in [4.78, 5) is 39.6. The highest BCUT2D eigenvalue weighted by molar-refractivity contribution is 8.00. The first-order valence-corrected chi connectivity index (χ1v) is 12.3. The molecule has 1 saturated heterocycles. The fourth-order valence-corrected chi connectivity index (χ4v) is 4.92. The van der Waals surface area contributed by atoms with E-state index in [9.17, 15) is 14.4 Å². The fourth-order valence-electron chi connectivity index (χ4n) is 3.73. The van der Waals surface area contributed by atoms with Crippen molar-refractivity contribution in [1.82, 2.24) is 10.2 Å². The van der Waals surface area contributed by atoms with Crippen LogP contribution in [-0.2, 0) is 11.3 Å². The van der Waals surface area contributed by atoms with Crippen LogP contribution in [0.3, 0.4) is 0 Å². The summed E-state index contributed by atoms with van der Waals surface area (Å²) in [6.07, 6.45) is 3.48. The quantitative estimate of drug-likeness (QED) is 0.431. The van der Waals surface area contributed by atoms with Crippen LogP contribution < -0.4 is 10.6 Å². The summed E-state index contributed by atoms with van der Waals surface area (Å²) in [5.74, 6) is 0.684. The number of unbranched alkanes of at least 4 members (excludes halogenated alkanes) is 1. The predicted octanol–water partition coefficient (Wildman–Crippen LogP) is 4.84. The Morgan fingerprint density at radius 2 is 1.85 bits per heavy atom. The standard InChI is InChI=1S/C26H27N3O4S/c1-2-3-14-27-25(32)21-8-4-5-9-22(21)28-24(31)18-10-12-19(13-11-18)26-29(23(30)17-34-26)16-20-7-6-15-33-20/h4-13,15,26H,2-3,14,16-17H2,1H3,(H,27,32)(H,28,31)/t26-/m1/s1. The average Bonchev–Trinajstić information content (AvgIpc) is 3.50. The second-order valence-corrected chi connectivity index (χ2v) is 9.06. The largest absolute Gasteiger partial charge is 0.467 e. The zero-order valence-electron chi connectivity index (χ0n) is 19.0. The number of anilines is 1. The van der Waals surface area contributed by atoms with Crippen LogP contribution in [0.15, 0.2) is 71.3 Å². The molecule has 34 heavy (non-hydrogen) atoms. The number of benzene rings is 2. The molecule has 8 heteroatoms. The Bertz CT molecular complexity index is 1150. The van der Waals surface area contributed by atoms with Crippen LogP contribution in [0.4, 0.5) is 5.69 Å². The molecule has 2 heterocycles. The normalized spacial score (nSPS) is 15.4. The van der Waals surface area contributed by atoms with Gasteiger partial charge in [0.1, 0.15) is 11.1 Å². The van der Waals surface area contributed by atoms with Gasteiger partial charge < -0.3 is 20.0 Å². The number of nitrogens with zero attached hydrogens (tertiary/aromatic N) is 1. The summed E-state index contributed by atoms with van der Waals surface area (Å²) in [6.45, 7) is 3.06. The summed E-state index contributed by atoms with van der Waals surface area (Å²) in [6, 6.07) is 17.8. The second kappa shape index (κ2) is 11.1. The number of amides is 3. The smallest absolute Gasteiger partial charge is 0.255 e. The van der Waals surface area contributed by atoms with Gasteiger partial charge >= 0.3 is 0 Å². The molecule has 4 rings (SSSR count). The molecule has 0 bridgehead atoms. The Balaban J connectivity index is 1.44. The maximum absolute atomic E-state index is 12.9. The van der Waals surface area contributed by atoms with Gasteiger partial charge in [0, 0.05) is 12.1 Å². The summed E-state index contributed by atoms with van der Waals surface area (Å²) >= 11 is 1.55. The van der Waals surface area contributed by atoms with Gasteiger partial charge in [-0.1, -0.05) is 37.6 Å². The van der Waals surface area contributed by atoms with Crippen LogP contribution in [0.5, 0.6) is 0 Å². The molecule has 1 aromatic heterocycles. The lowest BCUT2D eigenvalue weighted by atomic mass is 10.1. The zero-order chi connectivity index (χ0) is 23.9. The van der Waals surface area contributed by atoms with E-state index >= 15 is 0 Å². The molecule has 0 radical (unpaired) electrons. The van der Waals surface area contributed by atoms with Crippen molar-refractivity contribution in [3.8, 4) is 0 Å². The van der Waals surface area contributed by atoms with Crippen molar-refractivity contribution in [2.45, 2.75) is 31.7 Å². The molecule has 2 aromatic carbocycles. The lowest BCUT2D eigenvalue weighted by molar-refractivity contribution is -0.128. The third kappa shape index (κ3) is 5.51. The van der Waals surface area contributed by atoms with Crippen LogP contribution in [0.2, 0.25) is 0 Å². The summed E-state index contributed by atoms with van der Waals surface area (Å²) in [7, 11) is 0. The number of nitrogens with one attached hydrogen (secondary N) is 2. The summed E-state index contributed by atoms with van der Waals surface area (Å²) in [5.41, 5.74) is 2.30. The minimum atomic E-state index is -0.303. The number of thioether (sulfide) groups is 1. The number of carbonyl (C=O) groups excluding carboxylic acids is 3. The highest BCUT2D eigenvalue weighted by Gasteiger charge is 2.33. The first-order valence-electron chi connectivity index (χ1n) is 11.3. The molecule has 0 spiro atoms. The van der Waals surface area contributed by atoms with Gasteiger partial charge in [0.15, 0.2) is 0 Å². The number of hydrogen-bond acceptors (Lipinski definition) is 5. The van der Waals surface area contributed by atoms with Gasteiger partial charge in [-0.05, 0) is 48.4 Å². The van der Waals surface area contributed by atoms with E-state index in [1.54, 1.807) is 65.4 Å². The Morgan fingerprint density at radius 1 is 1.06 bits per heavy atom. The van der Waals surface area contributed by atoms with E-state index in [0.29, 0.717) is 35.7 Å². The van der Waals surface area contributed by atoms with E-state index in [1.807, 2.05) is 18.2 Å². The van der Waals surface area contributed by atoms with Crippen molar-refractivity contribution >= 4 is 35.2 Å². The average molecular weight is 478 g/mol. The Labute approximate surface area is 202 Å². The molecule has 176 valence electrons. The van der Waals surface area contributed by atoms with Crippen LogP contribution in [-0.4, -0.2) is 34.9 Å². The summed E-state index contributed by atoms with van der Waals surface area (Å²) < 4.78 is 5.40. The number of hydrogen-bond donors (Lipinski definition) is 2. The van der Waals surface area contributed by atoms with Crippen molar-refractivity contribution in [2.75, 3.05) is 17.6 Å². The van der Waals surface area contributed by atoms with Gasteiger partial charge in [0.2, 0.25) is 5.91 Å². The van der Waals surface area contributed by atoms with Gasteiger partial charge in [-0.3, -0.25) is 14.4 Å². The van der Waals surface area contributed by atoms with Gasteiger partial charge in [0.25, 0.3) is 11.8 Å². The zero-order valence-corrected chi connectivity index (χ0v) is 19.8. The van der Waals surface area contributed by atoms with E-state index < -0.39 is 0 Å². The predicted molar refractivity (Wildman–Crippen MR) is 133 cm³/mol. The minimum Gasteiger partial charge on any atom is -0.467 e. The molecule has 1 fully saturated rings. The third-order valence-corrected chi connectivity index (χ3v) is 6.82. The molecule has 3 aromatic rings. The van der Waals surface area contributed by atoms with Crippen LogP contribution in [0, 0.1) is 0 Å². The van der Waals surface area contributed by atoms with Crippen LogP contribution >= 0.6 is 11.8 Å². The maximum Gasteiger partial charge on any atom is 0.255 e. The summed E-state index contributed by atoms with van der Waals surface area (Å²) in [5, 5.41) is 5.60. The third-order valence-electron chi connectivity index (χ3n) is 5.57. The molecule has 3 amide bonds. The Morgan fingerprint density at radius 3 is 2.59 bits per heavy atom. The van der Waals surface area contributed by atoms with E-state index in [1.165, 1.54) is 0 Å². The first-order chi connectivity index (χ1) is 16.6. The van der Waals surface area contributed by atoms with E-state index in [0.717, 1.165) is 24.2 Å². The Kier molecular flexibility index (Phi) is 7.69. The molecular formula is C26H27N3O4S. The topological polar surface area (TPSA) is 91.7 Å². The molecule has 0 aliphatic carbocycles. The van der Waals surface area contributed by atoms with Gasteiger partial charge in [0.05, 0.1) is 29.8 Å². The molecule has 0 unspecified atom stereocenters. The lowest BCUT2D eigenvalue weighted by Gasteiger charge is -2.23. The van der Waals surface area contributed by atoms with Gasteiger partial charge in [-0.15, -0.1) is 11.8 Å². The maximum atomic E-state index is 12.9. The van der Waals surface area contributed by atoms with Gasteiger partial charge in [-0.2, -0.15) is 0 Å². The molecule has 2 N–H and O–H groups in total. The molecular weight excluding hydrogens is 450 g/mol. The SMILES string of the molecule is CCCCNC(=O)c1ccccc1NC(=O)c1ccc([C@H]2SCC(=O)N2Cc2ccco2)cc1. The second-order valence-electron chi connectivity index (χ2n) is 8.00. The van der Waals surface area contributed by atoms with Crippen LogP contribution in [0.25, 0.3) is 0 Å². The van der Waals surface area contributed by atoms with Crippen molar-refractivity contribution < 1.29 is 18.8 Å². The number of carbonyl (C=O) groups is 3. The minimum absolute atomic E-state index is 0.0574. The van der Waals surface area contributed by atoms with Crippen molar-refractivity contribution in [1.29, 1.82) is 0 Å². The number of furan rings is 1. The van der Waals surface area contributed by atoms with Crippen LogP contribution in [0.1, 0.15) is 57.2 Å². The van der Waals surface area contributed by atoms with E-state index in [2.05, 4.69) is 17.6 Å².